The Kier molecular flexibility index (Phi) is 2.58. The minimum atomic E-state index is 0.629. The Balaban J connectivity index is 2.49. The van der Waals surface area contributed by atoms with E-state index in [1.807, 2.05) is 0 Å². The summed E-state index contributed by atoms with van der Waals surface area (Å²) in [5, 5.41) is 3.46. The molecule has 0 aromatic rings. The Labute approximate surface area is 70.6 Å². The van der Waals surface area contributed by atoms with Crippen LogP contribution in [-0.4, -0.2) is 13.1 Å². The lowest BCUT2D eigenvalue weighted by molar-refractivity contribution is 0.276. The number of hydrogen-bond donors (Lipinski definition) is 1. The average molecular weight is 155 g/mol. The summed E-state index contributed by atoms with van der Waals surface area (Å²) in [5.41, 5.74) is 0.629. The Morgan fingerprint density at radius 2 is 2.00 bits per heavy atom. The summed E-state index contributed by atoms with van der Waals surface area (Å²) in [7, 11) is 2.10. The van der Waals surface area contributed by atoms with E-state index in [1.54, 1.807) is 0 Å². The summed E-state index contributed by atoms with van der Waals surface area (Å²) in [6.45, 7) is 7.03. The summed E-state index contributed by atoms with van der Waals surface area (Å²) in [4.78, 5) is 0. The molecule has 66 valence electrons. The van der Waals surface area contributed by atoms with Gasteiger partial charge in [-0.1, -0.05) is 27.2 Å². The predicted molar refractivity (Wildman–Crippen MR) is 49.6 cm³/mol. The molecule has 2 atom stereocenters. The fourth-order valence-corrected chi connectivity index (χ4v) is 2.06. The SMILES string of the molecule is CCC(C)C(NC)C1(C)CC1. The number of nitrogens with one attached hydrogen (secondary N) is 1. The van der Waals surface area contributed by atoms with Gasteiger partial charge in [-0.05, 0) is 31.2 Å². The van der Waals surface area contributed by atoms with Crippen molar-refractivity contribution >= 4 is 0 Å². The molecule has 0 saturated heterocycles. The van der Waals surface area contributed by atoms with E-state index in [-0.39, 0.29) is 0 Å². The lowest BCUT2D eigenvalue weighted by atomic mass is 9.86. The molecule has 1 N–H and O–H groups in total. The van der Waals surface area contributed by atoms with Crippen LogP contribution in [0.2, 0.25) is 0 Å². The molecule has 1 aliphatic rings. The van der Waals surface area contributed by atoms with Gasteiger partial charge in [0.2, 0.25) is 0 Å². The Morgan fingerprint density at radius 1 is 1.45 bits per heavy atom. The quantitative estimate of drug-likeness (QED) is 0.657. The first kappa shape index (κ1) is 9.05. The maximum Gasteiger partial charge on any atom is 0.0143 e. The van der Waals surface area contributed by atoms with Crippen LogP contribution in [0.25, 0.3) is 0 Å². The summed E-state index contributed by atoms with van der Waals surface area (Å²) in [6, 6.07) is 0.743. The van der Waals surface area contributed by atoms with E-state index in [2.05, 4.69) is 33.1 Å². The van der Waals surface area contributed by atoms with E-state index in [1.165, 1.54) is 19.3 Å². The highest BCUT2D eigenvalue weighted by Crippen LogP contribution is 2.50. The van der Waals surface area contributed by atoms with Crippen molar-refractivity contribution in [2.24, 2.45) is 11.3 Å². The zero-order chi connectivity index (χ0) is 8.48. The highest BCUT2D eigenvalue weighted by Gasteiger charge is 2.45. The smallest absolute Gasteiger partial charge is 0.0143 e. The Bertz CT molecular complexity index is 127. The zero-order valence-electron chi connectivity index (χ0n) is 8.28. The maximum atomic E-state index is 3.46. The number of rotatable bonds is 4. The second kappa shape index (κ2) is 3.14. The van der Waals surface area contributed by atoms with Crippen molar-refractivity contribution in [2.45, 2.75) is 46.1 Å². The Morgan fingerprint density at radius 3 is 2.27 bits per heavy atom. The van der Waals surface area contributed by atoms with E-state index >= 15 is 0 Å². The van der Waals surface area contributed by atoms with Gasteiger partial charge in [0.05, 0.1) is 0 Å². The third-order valence-electron chi connectivity index (χ3n) is 3.31. The van der Waals surface area contributed by atoms with Crippen molar-refractivity contribution in [3.8, 4) is 0 Å². The van der Waals surface area contributed by atoms with E-state index in [9.17, 15) is 0 Å². The van der Waals surface area contributed by atoms with Gasteiger partial charge < -0.3 is 5.32 Å². The minimum absolute atomic E-state index is 0.629. The van der Waals surface area contributed by atoms with Gasteiger partial charge >= 0.3 is 0 Å². The summed E-state index contributed by atoms with van der Waals surface area (Å²) >= 11 is 0. The molecule has 0 amide bonds. The highest BCUT2D eigenvalue weighted by molar-refractivity contribution is 4.99. The van der Waals surface area contributed by atoms with Crippen molar-refractivity contribution in [3.05, 3.63) is 0 Å². The van der Waals surface area contributed by atoms with Gasteiger partial charge in [-0.3, -0.25) is 0 Å². The molecule has 0 aromatic heterocycles. The lowest BCUT2D eigenvalue weighted by Crippen LogP contribution is -2.38. The standard InChI is InChI=1S/C10H21N/c1-5-8(2)9(11-4)10(3)6-7-10/h8-9,11H,5-7H2,1-4H3. The van der Waals surface area contributed by atoms with Crippen LogP contribution in [-0.2, 0) is 0 Å². The molecule has 1 saturated carbocycles. The van der Waals surface area contributed by atoms with Crippen LogP contribution in [0.15, 0.2) is 0 Å². The molecule has 0 aromatic carbocycles. The molecule has 0 radical (unpaired) electrons. The second-order valence-corrected chi connectivity index (χ2v) is 4.31. The minimum Gasteiger partial charge on any atom is -0.316 e. The molecule has 1 rings (SSSR count). The van der Waals surface area contributed by atoms with Crippen molar-refractivity contribution in [1.82, 2.24) is 5.32 Å². The molecule has 0 spiro atoms. The van der Waals surface area contributed by atoms with Gasteiger partial charge in [-0.15, -0.1) is 0 Å². The molecule has 2 unspecified atom stereocenters. The van der Waals surface area contributed by atoms with Gasteiger partial charge in [0.25, 0.3) is 0 Å². The normalized spacial score (nSPS) is 26.2. The first-order valence-electron chi connectivity index (χ1n) is 4.81. The molecule has 11 heavy (non-hydrogen) atoms. The molecular formula is C10H21N. The molecule has 1 fully saturated rings. The van der Waals surface area contributed by atoms with E-state index in [0.29, 0.717) is 5.41 Å². The summed E-state index contributed by atoms with van der Waals surface area (Å²) in [5.74, 6) is 0.826. The second-order valence-electron chi connectivity index (χ2n) is 4.31. The van der Waals surface area contributed by atoms with Gasteiger partial charge in [-0.25, -0.2) is 0 Å². The molecule has 1 nitrogen and oxygen atoms in total. The van der Waals surface area contributed by atoms with Gasteiger partial charge in [0.1, 0.15) is 0 Å². The molecule has 0 heterocycles. The first-order valence-corrected chi connectivity index (χ1v) is 4.81. The van der Waals surface area contributed by atoms with Gasteiger partial charge in [0.15, 0.2) is 0 Å². The molecular weight excluding hydrogens is 134 g/mol. The van der Waals surface area contributed by atoms with Gasteiger partial charge in [0, 0.05) is 6.04 Å². The van der Waals surface area contributed by atoms with Crippen molar-refractivity contribution < 1.29 is 0 Å². The summed E-state index contributed by atoms with van der Waals surface area (Å²) in [6.07, 6.45) is 4.13. The highest BCUT2D eigenvalue weighted by atomic mass is 14.9. The van der Waals surface area contributed by atoms with E-state index in [4.69, 9.17) is 0 Å². The van der Waals surface area contributed by atoms with Crippen molar-refractivity contribution in [1.29, 1.82) is 0 Å². The van der Waals surface area contributed by atoms with Crippen LogP contribution in [0, 0.1) is 11.3 Å². The molecule has 0 bridgehead atoms. The Hall–Kier alpha value is -0.0400. The van der Waals surface area contributed by atoms with Crippen LogP contribution >= 0.6 is 0 Å². The fourth-order valence-electron chi connectivity index (χ4n) is 2.06. The first-order chi connectivity index (χ1) is 5.14. The summed E-state index contributed by atoms with van der Waals surface area (Å²) < 4.78 is 0. The molecule has 0 aliphatic heterocycles. The van der Waals surface area contributed by atoms with Crippen LogP contribution in [0.4, 0.5) is 0 Å². The van der Waals surface area contributed by atoms with E-state index < -0.39 is 0 Å². The largest absolute Gasteiger partial charge is 0.316 e. The van der Waals surface area contributed by atoms with Crippen LogP contribution in [0.1, 0.15) is 40.0 Å². The third-order valence-corrected chi connectivity index (χ3v) is 3.31. The monoisotopic (exact) mass is 155 g/mol. The van der Waals surface area contributed by atoms with Crippen LogP contribution < -0.4 is 5.32 Å². The lowest BCUT2D eigenvalue weighted by Gasteiger charge is -2.28. The van der Waals surface area contributed by atoms with E-state index in [0.717, 1.165) is 12.0 Å². The van der Waals surface area contributed by atoms with Crippen molar-refractivity contribution in [3.63, 3.8) is 0 Å². The molecule has 1 aliphatic carbocycles. The predicted octanol–water partition coefficient (Wildman–Crippen LogP) is 2.42. The molecule has 1 heteroatoms. The average Bonchev–Trinajstić information content (AvgIpc) is 2.70. The van der Waals surface area contributed by atoms with Crippen LogP contribution in [0.5, 0.6) is 0 Å². The topological polar surface area (TPSA) is 12.0 Å². The third kappa shape index (κ3) is 1.76. The van der Waals surface area contributed by atoms with Crippen LogP contribution in [0.3, 0.4) is 0 Å². The maximum absolute atomic E-state index is 3.46. The zero-order valence-corrected chi connectivity index (χ0v) is 8.28. The van der Waals surface area contributed by atoms with Crippen molar-refractivity contribution in [2.75, 3.05) is 7.05 Å². The van der Waals surface area contributed by atoms with Gasteiger partial charge in [-0.2, -0.15) is 0 Å². The fraction of sp³-hybridized carbons (Fsp3) is 1.00. The number of hydrogen-bond acceptors (Lipinski definition) is 1.